The molecule has 10 heteroatoms. The third-order valence-electron chi connectivity index (χ3n) is 5.16. The van der Waals surface area contributed by atoms with Crippen LogP contribution in [0.1, 0.15) is 24.5 Å². The highest BCUT2D eigenvalue weighted by molar-refractivity contribution is 5.94. The summed E-state index contributed by atoms with van der Waals surface area (Å²) in [4.78, 5) is 48.7. The minimum atomic E-state index is -0.646. The third-order valence-corrected chi connectivity index (χ3v) is 5.16. The van der Waals surface area contributed by atoms with Crippen molar-refractivity contribution in [3.8, 4) is 0 Å². The van der Waals surface area contributed by atoms with Crippen LogP contribution in [0.4, 0.5) is 17.2 Å². The van der Waals surface area contributed by atoms with Crippen LogP contribution in [0.15, 0.2) is 64.2 Å². The average Bonchev–Trinajstić information content (AvgIpc) is 2.80. The standard InChI is InChI=1S/C23H25N5O5/c1-2-13-27-22(30)20(25-19(29)15-17-6-4-3-5-7-17)21(24)26(23(27)31)14-12-16-8-10-18(11-9-16)28(32)33/h3-11H,2,12-15,24H2,1H3,(H,25,29). The molecule has 0 saturated heterocycles. The first-order valence-corrected chi connectivity index (χ1v) is 10.5. The van der Waals surface area contributed by atoms with Crippen LogP contribution in [0.2, 0.25) is 0 Å². The lowest BCUT2D eigenvalue weighted by Crippen LogP contribution is -2.43. The van der Waals surface area contributed by atoms with E-state index in [0.29, 0.717) is 12.8 Å². The number of hydrogen-bond acceptors (Lipinski definition) is 6. The zero-order valence-corrected chi connectivity index (χ0v) is 18.2. The number of nitrogens with one attached hydrogen (secondary N) is 1. The summed E-state index contributed by atoms with van der Waals surface area (Å²) in [7, 11) is 0. The lowest BCUT2D eigenvalue weighted by atomic mass is 10.1. The molecule has 0 unspecified atom stereocenters. The number of benzene rings is 2. The number of nitrogen functional groups attached to an aromatic ring is 1. The molecule has 3 rings (SSSR count). The molecule has 1 aromatic heterocycles. The van der Waals surface area contributed by atoms with Gasteiger partial charge >= 0.3 is 5.69 Å². The molecular formula is C23H25N5O5. The van der Waals surface area contributed by atoms with Gasteiger partial charge in [0, 0.05) is 25.2 Å². The van der Waals surface area contributed by atoms with E-state index >= 15 is 0 Å². The molecule has 1 heterocycles. The van der Waals surface area contributed by atoms with Gasteiger partial charge in [-0.3, -0.25) is 28.8 Å². The highest BCUT2D eigenvalue weighted by Gasteiger charge is 2.19. The van der Waals surface area contributed by atoms with E-state index in [1.807, 2.05) is 25.1 Å². The Kier molecular flexibility index (Phi) is 7.39. The SMILES string of the molecule is CCCn1c(=O)c(NC(=O)Cc2ccccc2)c(N)n(CCc2ccc([N+](=O)[O-])cc2)c1=O. The van der Waals surface area contributed by atoms with Crippen LogP contribution >= 0.6 is 0 Å². The van der Waals surface area contributed by atoms with Gasteiger partial charge in [0.1, 0.15) is 11.5 Å². The largest absolute Gasteiger partial charge is 0.383 e. The lowest BCUT2D eigenvalue weighted by molar-refractivity contribution is -0.384. The smallest absolute Gasteiger partial charge is 0.332 e. The van der Waals surface area contributed by atoms with Crippen LogP contribution in [0, 0.1) is 10.1 Å². The molecule has 0 bridgehead atoms. The number of anilines is 2. The number of amides is 1. The Bertz CT molecular complexity index is 1260. The monoisotopic (exact) mass is 451 g/mol. The van der Waals surface area contributed by atoms with E-state index < -0.39 is 22.1 Å². The fourth-order valence-electron chi connectivity index (χ4n) is 3.46. The lowest BCUT2D eigenvalue weighted by Gasteiger charge is -2.17. The van der Waals surface area contributed by atoms with Crippen molar-refractivity contribution < 1.29 is 9.72 Å². The second-order valence-corrected chi connectivity index (χ2v) is 7.54. The maximum Gasteiger partial charge on any atom is 0.332 e. The highest BCUT2D eigenvalue weighted by atomic mass is 16.6. The van der Waals surface area contributed by atoms with Crippen molar-refractivity contribution in [2.24, 2.45) is 0 Å². The van der Waals surface area contributed by atoms with Gasteiger partial charge in [-0.05, 0) is 24.0 Å². The molecule has 0 spiro atoms. The number of carbonyl (C=O) groups excluding carboxylic acids is 1. The fraction of sp³-hybridized carbons (Fsp3) is 0.261. The number of aryl methyl sites for hydroxylation is 1. The van der Waals surface area contributed by atoms with Crippen LogP contribution < -0.4 is 22.3 Å². The summed E-state index contributed by atoms with van der Waals surface area (Å²) < 4.78 is 2.31. The van der Waals surface area contributed by atoms with Crippen molar-refractivity contribution in [3.05, 3.63) is 96.7 Å². The van der Waals surface area contributed by atoms with E-state index in [1.165, 1.54) is 16.7 Å². The van der Waals surface area contributed by atoms with Crippen molar-refractivity contribution in [1.29, 1.82) is 0 Å². The van der Waals surface area contributed by atoms with E-state index in [-0.39, 0.29) is 36.7 Å². The maximum atomic E-state index is 12.9. The average molecular weight is 451 g/mol. The summed E-state index contributed by atoms with van der Waals surface area (Å²) in [6, 6.07) is 15.0. The van der Waals surface area contributed by atoms with Gasteiger partial charge in [0.25, 0.3) is 11.2 Å². The maximum absolute atomic E-state index is 12.9. The Morgan fingerprint density at radius 1 is 1.00 bits per heavy atom. The number of rotatable bonds is 9. The summed E-state index contributed by atoms with van der Waals surface area (Å²) in [5.74, 6) is -0.547. The molecule has 0 radical (unpaired) electrons. The highest BCUT2D eigenvalue weighted by Crippen LogP contribution is 2.15. The van der Waals surface area contributed by atoms with Gasteiger partial charge in [0.15, 0.2) is 0 Å². The predicted molar refractivity (Wildman–Crippen MR) is 125 cm³/mol. The molecular weight excluding hydrogens is 426 g/mol. The summed E-state index contributed by atoms with van der Waals surface area (Å²) in [5.41, 5.74) is 6.32. The van der Waals surface area contributed by atoms with Gasteiger partial charge in [-0.1, -0.05) is 49.4 Å². The third kappa shape index (κ3) is 5.53. The van der Waals surface area contributed by atoms with Crippen LogP contribution in [0.5, 0.6) is 0 Å². The quantitative estimate of drug-likeness (QED) is 0.378. The topological polar surface area (TPSA) is 142 Å². The molecule has 3 aromatic rings. The minimum absolute atomic E-state index is 0.0321. The van der Waals surface area contributed by atoms with Gasteiger partial charge in [-0.2, -0.15) is 0 Å². The molecule has 0 aliphatic heterocycles. The summed E-state index contributed by atoms with van der Waals surface area (Å²) in [6.45, 7) is 2.14. The number of nitrogens with two attached hydrogens (primary N) is 1. The molecule has 0 atom stereocenters. The minimum Gasteiger partial charge on any atom is -0.383 e. The van der Waals surface area contributed by atoms with Crippen LogP contribution in [0.25, 0.3) is 0 Å². The second-order valence-electron chi connectivity index (χ2n) is 7.54. The molecule has 0 aliphatic carbocycles. The summed E-state index contributed by atoms with van der Waals surface area (Å²) in [5, 5.41) is 13.4. The Labute approximate surface area is 189 Å². The van der Waals surface area contributed by atoms with Gasteiger partial charge < -0.3 is 11.1 Å². The summed E-state index contributed by atoms with van der Waals surface area (Å²) in [6.07, 6.45) is 0.943. The molecule has 0 saturated carbocycles. The number of hydrogen-bond donors (Lipinski definition) is 2. The number of aromatic nitrogens is 2. The van der Waals surface area contributed by atoms with E-state index in [1.54, 1.807) is 24.3 Å². The molecule has 33 heavy (non-hydrogen) atoms. The molecule has 10 nitrogen and oxygen atoms in total. The van der Waals surface area contributed by atoms with Crippen LogP contribution in [-0.2, 0) is 30.7 Å². The zero-order chi connectivity index (χ0) is 24.0. The number of nitro groups is 1. The molecule has 1 amide bonds. The van der Waals surface area contributed by atoms with Crippen molar-refractivity contribution in [3.63, 3.8) is 0 Å². The normalized spacial score (nSPS) is 10.7. The first-order valence-electron chi connectivity index (χ1n) is 10.5. The molecule has 0 fully saturated rings. The van der Waals surface area contributed by atoms with Crippen molar-refractivity contribution in [1.82, 2.24) is 9.13 Å². The zero-order valence-electron chi connectivity index (χ0n) is 18.2. The predicted octanol–water partition coefficient (Wildman–Crippen LogP) is 2.33. The number of carbonyl (C=O) groups is 1. The van der Waals surface area contributed by atoms with E-state index in [2.05, 4.69) is 5.32 Å². The first-order chi connectivity index (χ1) is 15.8. The van der Waals surface area contributed by atoms with E-state index in [9.17, 15) is 24.5 Å². The number of nitro benzene ring substituents is 1. The fourth-order valence-corrected chi connectivity index (χ4v) is 3.46. The molecule has 0 aliphatic rings. The Morgan fingerprint density at radius 2 is 1.67 bits per heavy atom. The number of non-ortho nitro benzene ring substituents is 1. The Balaban J connectivity index is 1.90. The van der Waals surface area contributed by atoms with Gasteiger partial charge in [0.2, 0.25) is 5.91 Å². The van der Waals surface area contributed by atoms with Crippen molar-refractivity contribution in [2.45, 2.75) is 39.3 Å². The van der Waals surface area contributed by atoms with Gasteiger partial charge in [-0.25, -0.2) is 4.79 Å². The molecule has 172 valence electrons. The van der Waals surface area contributed by atoms with Crippen LogP contribution in [-0.4, -0.2) is 20.0 Å². The van der Waals surface area contributed by atoms with Gasteiger partial charge in [-0.15, -0.1) is 0 Å². The van der Waals surface area contributed by atoms with Crippen LogP contribution in [0.3, 0.4) is 0 Å². The van der Waals surface area contributed by atoms with Gasteiger partial charge in [0.05, 0.1) is 11.3 Å². The second kappa shape index (κ2) is 10.4. The first kappa shape index (κ1) is 23.5. The van der Waals surface area contributed by atoms with E-state index in [0.717, 1.165) is 15.7 Å². The van der Waals surface area contributed by atoms with Crippen molar-refractivity contribution in [2.75, 3.05) is 11.1 Å². The summed E-state index contributed by atoms with van der Waals surface area (Å²) >= 11 is 0. The Morgan fingerprint density at radius 3 is 2.27 bits per heavy atom. The molecule has 3 N–H and O–H groups in total. The van der Waals surface area contributed by atoms with Crippen molar-refractivity contribution >= 4 is 23.1 Å². The Hall–Kier alpha value is -4.21. The molecule has 2 aromatic carbocycles. The number of nitrogens with zero attached hydrogens (tertiary/aromatic N) is 3. The van der Waals surface area contributed by atoms with E-state index in [4.69, 9.17) is 5.73 Å².